The van der Waals surface area contributed by atoms with Crippen molar-refractivity contribution >= 4 is 0 Å². The molecule has 0 fully saturated rings. The highest BCUT2D eigenvalue weighted by atomic mass is 16.3. The number of rotatable bonds is 0. The molecule has 0 heterocycles. The Kier molecular flexibility index (Phi) is 1.81. The summed E-state index contributed by atoms with van der Waals surface area (Å²) in [5, 5.41) is 18.0. The lowest BCUT2D eigenvalue weighted by Gasteiger charge is -1.90. The van der Waals surface area contributed by atoms with Gasteiger partial charge in [-0.1, -0.05) is 5.57 Å². The molecule has 0 aromatic carbocycles. The third-order valence-electron chi connectivity index (χ3n) is 1.32. The maximum atomic E-state index is 9.01. The number of hydrogen-bond acceptors (Lipinski definition) is 2. The Morgan fingerprint density at radius 2 is 1.90 bits per heavy atom. The molecule has 0 aromatic rings. The molecule has 0 radical (unpaired) electrons. The van der Waals surface area contributed by atoms with E-state index in [2.05, 4.69) is 0 Å². The number of aliphatic hydroxyl groups excluding tert-OH is 2. The van der Waals surface area contributed by atoms with Gasteiger partial charge in [0.05, 0.1) is 0 Å². The van der Waals surface area contributed by atoms with Crippen LogP contribution in [0.2, 0.25) is 0 Å². The summed E-state index contributed by atoms with van der Waals surface area (Å²) in [5.41, 5.74) is 1.04. The van der Waals surface area contributed by atoms with E-state index in [4.69, 9.17) is 10.2 Å². The van der Waals surface area contributed by atoms with E-state index in [0.29, 0.717) is 6.42 Å². The first kappa shape index (κ1) is 6.93. The minimum absolute atomic E-state index is 0.115. The van der Waals surface area contributed by atoms with Gasteiger partial charge in [0, 0.05) is 6.08 Å². The van der Waals surface area contributed by atoms with Gasteiger partial charge in [0.25, 0.3) is 0 Å². The van der Waals surface area contributed by atoms with Crippen LogP contribution in [0.25, 0.3) is 0 Å². The Labute approximate surface area is 59.8 Å². The van der Waals surface area contributed by atoms with Gasteiger partial charge in [-0.3, -0.25) is 0 Å². The molecule has 1 aliphatic carbocycles. The molecule has 0 amide bonds. The summed E-state index contributed by atoms with van der Waals surface area (Å²) < 4.78 is 0. The Morgan fingerprint density at radius 3 is 2.60 bits per heavy atom. The third kappa shape index (κ3) is 1.65. The van der Waals surface area contributed by atoms with Gasteiger partial charge in [0.15, 0.2) is 0 Å². The lowest BCUT2D eigenvalue weighted by molar-refractivity contribution is 0.405. The van der Waals surface area contributed by atoms with Gasteiger partial charge in [-0.25, -0.2) is 0 Å². The van der Waals surface area contributed by atoms with E-state index in [1.54, 1.807) is 12.2 Å². The average molecular weight is 138 g/mol. The lowest BCUT2D eigenvalue weighted by Crippen LogP contribution is -1.75. The summed E-state index contributed by atoms with van der Waals surface area (Å²) in [6, 6.07) is 0. The topological polar surface area (TPSA) is 40.5 Å². The first-order valence-electron chi connectivity index (χ1n) is 3.15. The molecule has 10 heavy (non-hydrogen) atoms. The minimum atomic E-state index is 0.115. The van der Waals surface area contributed by atoms with Crippen molar-refractivity contribution < 1.29 is 10.2 Å². The molecule has 0 unspecified atom stereocenters. The highest BCUT2D eigenvalue weighted by molar-refractivity contribution is 5.28. The number of hydrogen-bond donors (Lipinski definition) is 2. The predicted octanol–water partition coefficient (Wildman–Crippen LogP) is 2.22. The highest BCUT2D eigenvalue weighted by Crippen LogP contribution is 2.12. The first-order chi connectivity index (χ1) is 4.68. The van der Waals surface area contributed by atoms with Crippen molar-refractivity contribution in [2.24, 2.45) is 0 Å². The molecule has 1 aliphatic rings. The van der Waals surface area contributed by atoms with Crippen LogP contribution in [0.3, 0.4) is 0 Å². The van der Waals surface area contributed by atoms with Crippen LogP contribution in [0.15, 0.2) is 35.3 Å². The van der Waals surface area contributed by atoms with E-state index in [1.165, 1.54) is 6.08 Å². The van der Waals surface area contributed by atoms with E-state index in [1.807, 2.05) is 6.92 Å². The van der Waals surface area contributed by atoms with Crippen molar-refractivity contribution in [3.63, 3.8) is 0 Å². The molecule has 0 spiro atoms. The molecule has 0 saturated heterocycles. The summed E-state index contributed by atoms with van der Waals surface area (Å²) in [7, 11) is 0. The zero-order valence-electron chi connectivity index (χ0n) is 5.83. The Hall–Kier alpha value is -1.18. The van der Waals surface area contributed by atoms with Crippen LogP contribution in [-0.4, -0.2) is 10.2 Å². The second-order valence-electron chi connectivity index (χ2n) is 2.39. The summed E-state index contributed by atoms with van der Waals surface area (Å²) >= 11 is 0. The highest BCUT2D eigenvalue weighted by Gasteiger charge is 1.98. The van der Waals surface area contributed by atoms with Crippen molar-refractivity contribution in [1.82, 2.24) is 0 Å². The molecular formula is C8H10O2. The second-order valence-corrected chi connectivity index (χ2v) is 2.39. The van der Waals surface area contributed by atoms with Gasteiger partial charge >= 0.3 is 0 Å². The largest absolute Gasteiger partial charge is 0.508 e. The van der Waals surface area contributed by atoms with Crippen molar-refractivity contribution in [1.29, 1.82) is 0 Å². The SMILES string of the molecule is CC1=CC(O)=CC(O)=CC1. The van der Waals surface area contributed by atoms with Gasteiger partial charge in [0.2, 0.25) is 0 Å². The first-order valence-corrected chi connectivity index (χ1v) is 3.15. The van der Waals surface area contributed by atoms with Crippen LogP contribution < -0.4 is 0 Å². The van der Waals surface area contributed by atoms with Gasteiger partial charge < -0.3 is 10.2 Å². The molecule has 0 bridgehead atoms. The van der Waals surface area contributed by atoms with E-state index in [0.717, 1.165) is 5.57 Å². The van der Waals surface area contributed by atoms with Gasteiger partial charge in [-0.15, -0.1) is 0 Å². The van der Waals surface area contributed by atoms with Crippen LogP contribution in [0.1, 0.15) is 13.3 Å². The quantitative estimate of drug-likeness (QED) is 0.538. The van der Waals surface area contributed by atoms with Crippen molar-refractivity contribution in [2.45, 2.75) is 13.3 Å². The average Bonchev–Trinajstić information content (AvgIpc) is 1.93. The monoisotopic (exact) mass is 138 g/mol. The Bertz CT molecular complexity index is 221. The number of aliphatic hydroxyl groups is 2. The summed E-state index contributed by atoms with van der Waals surface area (Å²) in [4.78, 5) is 0. The predicted molar refractivity (Wildman–Crippen MR) is 39.8 cm³/mol. The van der Waals surface area contributed by atoms with Gasteiger partial charge in [-0.2, -0.15) is 0 Å². The van der Waals surface area contributed by atoms with Crippen LogP contribution >= 0.6 is 0 Å². The number of allylic oxidation sites excluding steroid dienone is 4. The van der Waals surface area contributed by atoms with Crippen LogP contribution in [0.5, 0.6) is 0 Å². The summed E-state index contributed by atoms with van der Waals surface area (Å²) in [5.74, 6) is 0.245. The van der Waals surface area contributed by atoms with Crippen LogP contribution in [0, 0.1) is 0 Å². The standard InChI is InChI=1S/C8H10O2/c1-6-2-3-7(9)5-8(10)4-6/h3-5,9-10H,2H2,1H3. The molecule has 54 valence electrons. The van der Waals surface area contributed by atoms with Crippen LogP contribution in [0.4, 0.5) is 0 Å². The Balaban J connectivity index is 2.90. The van der Waals surface area contributed by atoms with E-state index >= 15 is 0 Å². The van der Waals surface area contributed by atoms with Crippen LogP contribution in [-0.2, 0) is 0 Å². The maximum Gasteiger partial charge on any atom is 0.119 e. The van der Waals surface area contributed by atoms with E-state index in [9.17, 15) is 0 Å². The fourth-order valence-electron chi connectivity index (χ4n) is 0.829. The normalized spacial score (nSPS) is 18.7. The fourth-order valence-corrected chi connectivity index (χ4v) is 0.829. The van der Waals surface area contributed by atoms with Crippen molar-refractivity contribution in [2.75, 3.05) is 0 Å². The van der Waals surface area contributed by atoms with Gasteiger partial charge in [-0.05, 0) is 25.5 Å². The molecule has 0 aromatic heterocycles. The molecule has 0 saturated carbocycles. The Morgan fingerprint density at radius 1 is 1.20 bits per heavy atom. The van der Waals surface area contributed by atoms with Gasteiger partial charge in [0.1, 0.15) is 11.5 Å². The molecule has 1 rings (SSSR count). The molecule has 2 nitrogen and oxygen atoms in total. The van der Waals surface area contributed by atoms with E-state index < -0.39 is 0 Å². The molecule has 0 atom stereocenters. The third-order valence-corrected chi connectivity index (χ3v) is 1.32. The maximum absolute atomic E-state index is 9.01. The van der Waals surface area contributed by atoms with Crippen molar-refractivity contribution in [3.8, 4) is 0 Å². The van der Waals surface area contributed by atoms with Crippen molar-refractivity contribution in [3.05, 3.63) is 35.3 Å². The molecule has 2 N–H and O–H groups in total. The molecular weight excluding hydrogens is 128 g/mol. The second kappa shape index (κ2) is 2.60. The zero-order chi connectivity index (χ0) is 7.56. The zero-order valence-corrected chi connectivity index (χ0v) is 5.83. The summed E-state index contributed by atoms with van der Waals surface area (Å²) in [6.45, 7) is 1.90. The van der Waals surface area contributed by atoms with E-state index in [-0.39, 0.29) is 11.5 Å². The molecule has 0 aliphatic heterocycles. The smallest absolute Gasteiger partial charge is 0.119 e. The summed E-state index contributed by atoms with van der Waals surface area (Å²) in [6.07, 6.45) is 5.33. The minimum Gasteiger partial charge on any atom is -0.508 e. The lowest BCUT2D eigenvalue weighted by atomic mass is 10.2. The molecule has 2 heteroatoms. The fraction of sp³-hybridized carbons (Fsp3) is 0.250.